The Hall–Kier alpha value is -3.04. The van der Waals surface area contributed by atoms with E-state index >= 15 is 0 Å². The summed E-state index contributed by atoms with van der Waals surface area (Å²) < 4.78 is 82.0. The van der Waals surface area contributed by atoms with Crippen LogP contribution in [0.5, 0.6) is 5.88 Å². The Morgan fingerprint density at radius 1 is 1.30 bits per heavy atom. The van der Waals surface area contributed by atoms with Crippen LogP contribution < -0.4 is 10.5 Å². The number of aromatic nitrogens is 2. The van der Waals surface area contributed by atoms with Gasteiger partial charge in [0, 0.05) is 12.0 Å². The highest BCUT2D eigenvalue weighted by Crippen LogP contribution is 2.41. The quantitative estimate of drug-likeness (QED) is 0.565. The Morgan fingerprint density at radius 3 is 2.67 bits per heavy atom. The van der Waals surface area contributed by atoms with E-state index in [9.17, 15) is 22.4 Å². The Labute approximate surface area is 174 Å². The van der Waals surface area contributed by atoms with Crippen LogP contribution in [0, 0.1) is 11.6 Å². The van der Waals surface area contributed by atoms with Gasteiger partial charge >= 0.3 is 0 Å². The number of nitrogens with zero attached hydrogens (tertiary/aromatic N) is 3. The molecule has 0 spiro atoms. The number of rotatable bonds is 6. The zero-order chi connectivity index (χ0) is 24.6. The fraction of sp³-hybridized carbons (Fsp3) is 0.400. The van der Waals surface area contributed by atoms with Crippen molar-refractivity contribution in [3.63, 3.8) is 0 Å². The zero-order valence-corrected chi connectivity index (χ0v) is 15.9. The molecule has 30 heavy (non-hydrogen) atoms. The van der Waals surface area contributed by atoms with Crippen LogP contribution in [0.2, 0.25) is 0 Å². The summed E-state index contributed by atoms with van der Waals surface area (Å²) in [5, 5.41) is 0. The highest BCUT2D eigenvalue weighted by molar-refractivity contribution is 5.95. The summed E-state index contributed by atoms with van der Waals surface area (Å²) in [5.41, 5.74) is 1.32. The number of alkyl halides is 2. The molecule has 160 valence electrons. The van der Waals surface area contributed by atoms with Crippen LogP contribution in [0.15, 0.2) is 29.5 Å². The SMILES string of the molecule is [2H]C([2H])([2H])Oc1cnc(C(=O)Cc2cc(F)c(F)c([C@]3(C)CC[C@@](F)(CF)C(N)=N3)c2)cn1. The number of methoxy groups -OCH3 is 1. The summed E-state index contributed by atoms with van der Waals surface area (Å²) in [6.07, 6.45) is 1.03. The molecule has 0 saturated heterocycles. The van der Waals surface area contributed by atoms with Gasteiger partial charge in [-0.2, -0.15) is 0 Å². The molecule has 0 unspecified atom stereocenters. The number of ether oxygens (including phenoxy) is 1. The molecule has 0 amide bonds. The molecule has 0 radical (unpaired) electrons. The van der Waals surface area contributed by atoms with Crippen molar-refractivity contribution in [2.45, 2.75) is 37.4 Å². The van der Waals surface area contributed by atoms with E-state index in [-0.39, 0.29) is 35.5 Å². The van der Waals surface area contributed by atoms with E-state index < -0.39 is 54.6 Å². The number of carbonyl (C=O) groups is 1. The molecule has 0 aliphatic carbocycles. The molecule has 1 aromatic carbocycles. The van der Waals surface area contributed by atoms with Gasteiger partial charge in [0.25, 0.3) is 0 Å². The highest BCUT2D eigenvalue weighted by atomic mass is 19.2. The van der Waals surface area contributed by atoms with Crippen LogP contribution in [-0.4, -0.2) is 41.0 Å². The first-order valence-corrected chi connectivity index (χ1v) is 8.90. The summed E-state index contributed by atoms with van der Waals surface area (Å²) in [6.45, 7) is 0.0251. The van der Waals surface area contributed by atoms with Crippen molar-refractivity contribution >= 4 is 11.6 Å². The van der Waals surface area contributed by atoms with E-state index in [0.29, 0.717) is 0 Å². The number of hydrogen-bond donors (Lipinski definition) is 1. The molecule has 3 rings (SSSR count). The largest absolute Gasteiger partial charge is 0.480 e. The molecule has 0 bridgehead atoms. The lowest BCUT2D eigenvalue weighted by Crippen LogP contribution is -2.48. The van der Waals surface area contributed by atoms with Gasteiger partial charge in [-0.1, -0.05) is 0 Å². The second-order valence-electron chi connectivity index (χ2n) is 7.25. The van der Waals surface area contributed by atoms with E-state index in [0.717, 1.165) is 18.5 Å². The lowest BCUT2D eigenvalue weighted by atomic mass is 9.80. The molecule has 2 heterocycles. The van der Waals surface area contributed by atoms with E-state index in [2.05, 4.69) is 19.7 Å². The van der Waals surface area contributed by atoms with E-state index in [1.54, 1.807) is 0 Å². The van der Waals surface area contributed by atoms with Crippen molar-refractivity contribution in [1.29, 1.82) is 0 Å². The first-order chi connectivity index (χ1) is 15.3. The van der Waals surface area contributed by atoms with Gasteiger partial charge in [0.1, 0.15) is 18.2 Å². The number of Topliss-reactive ketones (excluding diaryl/α,β-unsaturated/α-hetero) is 1. The van der Waals surface area contributed by atoms with Crippen LogP contribution in [-0.2, 0) is 12.0 Å². The summed E-state index contributed by atoms with van der Waals surface area (Å²) >= 11 is 0. The maximum Gasteiger partial charge on any atom is 0.232 e. The molecule has 1 aromatic heterocycles. The normalized spacial score (nSPS) is 25.6. The predicted octanol–water partition coefficient (Wildman–Crippen LogP) is 3.23. The number of nitrogens with two attached hydrogens (primary N) is 1. The molecule has 2 atom stereocenters. The minimum Gasteiger partial charge on any atom is -0.480 e. The lowest BCUT2D eigenvalue weighted by Gasteiger charge is -2.36. The van der Waals surface area contributed by atoms with E-state index in [1.165, 1.54) is 13.0 Å². The Bertz CT molecular complexity index is 1100. The average Bonchev–Trinajstić information content (AvgIpc) is 2.73. The van der Waals surface area contributed by atoms with Gasteiger partial charge in [-0.25, -0.2) is 27.5 Å². The first-order valence-electron chi connectivity index (χ1n) is 10.4. The summed E-state index contributed by atoms with van der Waals surface area (Å²) in [7, 11) is -2.74. The molecule has 10 heteroatoms. The maximum absolute atomic E-state index is 14.6. The fourth-order valence-electron chi connectivity index (χ4n) is 3.25. The van der Waals surface area contributed by atoms with E-state index in [1.807, 2.05) is 0 Å². The molecule has 2 aromatic rings. The van der Waals surface area contributed by atoms with Crippen LogP contribution >= 0.6 is 0 Å². The molecule has 2 N–H and O–H groups in total. The number of benzene rings is 1. The van der Waals surface area contributed by atoms with E-state index in [4.69, 9.17) is 9.85 Å². The van der Waals surface area contributed by atoms with Gasteiger partial charge < -0.3 is 10.5 Å². The van der Waals surface area contributed by atoms with Gasteiger partial charge in [-0.05, 0) is 37.5 Å². The Morgan fingerprint density at radius 2 is 2.07 bits per heavy atom. The minimum absolute atomic E-state index is 0.0797. The molecule has 1 aliphatic heterocycles. The minimum atomic E-state index is -2.74. The molecule has 0 fully saturated rings. The zero-order valence-electron chi connectivity index (χ0n) is 18.9. The molecule has 6 nitrogen and oxygen atoms in total. The van der Waals surface area contributed by atoms with Crippen LogP contribution in [0.25, 0.3) is 0 Å². The number of halogens is 4. The fourth-order valence-corrected chi connectivity index (χ4v) is 3.25. The molecular formula is C20H20F4N4O2. The van der Waals surface area contributed by atoms with Crippen LogP contribution in [0.3, 0.4) is 0 Å². The smallest absolute Gasteiger partial charge is 0.232 e. The lowest BCUT2D eigenvalue weighted by molar-refractivity contribution is 0.0987. The summed E-state index contributed by atoms with van der Waals surface area (Å²) in [6, 6.07) is 2.05. The Kier molecular flexibility index (Phi) is 4.74. The third-order valence-corrected chi connectivity index (χ3v) is 5.10. The number of carbonyl (C=O) groups excluding carboxylic acids is 1. The third-order valence-electron chi connectivity index (χ3n) is 5.10. The summed E-state index contributed by atoms with van der Waals surface area (Å²) in [5.74, 6) is -4.06. The van der Waals surface area contributed by atoms with Crippen molar-refractivity contribution in [2.75, 3.05) is 13.7 Å². The van der Waals surface area contributed by atoms with Crippen LogP contribution in [0.4, 0.5) is 17.6 Å². The second kappa shape index (κ2) is 8.00. The Balaban J connectivity index is 1.87. The van der Waals surface area contributed by atoms with Gasteiger partial charge in [0.05, 0.1) is 29.1 Å². The molecule has 1 aliphatic rings. The number of hydrogen-bond acceptors (Lipinski definition) is 6. The topological polar surface area (TPSA) is 90.5 Å². The van der Waals surface area contributed by atoms with Gasteiger partial charge in [-0.15, -0.1) is 0 Å². The average molecular weight is 427 g/mol. The monoisotopic (exact) mass is 427 g/mol. The second-order valence-corrected chi connectivity index (χ2v) is 7.25. The highest BCUT2D eigenvalue weighted by Gasteiger charge is 2.45. The van der Waals surface area contributed by atoms with Crippen LogP contribution in [0.1, 0.15) is 45.5 Å². The number of ketones is 1. The van der Waals surface area contributed by atoms with Gasteiger partial charge in [0.15, 0.2) is 23.1 Å². The van der Waals surface area contributed by atoms with Crippen molar-refractivity contribution in [3.8, 4) is 5.88 Å². The number of aliphatic imine (C=N–C) groups is 1. The molecule has 0 saturated carbocycles. The van der Waals surface area contributed by atoms with Crippen molar-refractivity contribution < 1.29 is 31.2 Å². The summed E-state index contributed by atoms with van der Waals surface area (Å²) in [4.78, 5) is 24.0. The maximum atomic E-state index is 14.6. The van der Waals surface area contributed by atoms with Crippen molar-refractivity contribution in [3.05, 3.63) is 53.0 Å². The number of amidine groups is 1. The van der Waals surface area contributed by atoms with Crippen molar-refractivity contribution in [1.82, 2.24) is 9.97 Å². The van der Waals surface area contributed by atoms with Gasteiger partial charge in [-0.3, -0.25) is 9.79 Å². The van der Waals surface area contributed by atoms with Gasteiger partial charge in [0.2, 0.25) is 5.88 Å². The third kappa shape index (κ3) is 3.99. The molecular weight excluding hydrogens is 404 g/mol. The first kappa shape index (κ1) is 17.8. The predicted molar refractivity (Wildman–Crippen MR) is 101 cm³/mol. The van der Waals surface area contributed by atoms with Crippen molar-refractivity contribution in [2.24, 2.45) is 10.7 Å². The standard InChI is InChI=1S/C20H20F4N4O2/c1-19(3-4-20(24,10-21)18(25)28-19)12-5-11(6-13(22)17(12)23)7-15(29)14-8-27-16(30-2)9-26-14/h5-6,8-9H,3-4,7,10H2,1-2H3,(H2,25,28)/t19-,20+/m0/s1/i2D3.